The average molecular weight is 457 g/mol. The standard InChI is InChI=1S/C23H21ClN4S.ClH/c1-14(2)9-15-11-28(21-10-16(24)7-8-17(15)21)12-22-25-20(13-29-22)23-26-18-5-3-4-6-19(18)27-23;/h3-8,10-11,13-14H,9,12H2,1-2H3,(H,26,27);1H. The van der Waals surface area contributed by atoms with Crippen LogP contribution in [0.1, 0.15) is 24.4 Å². The SMILES string of the molecule is CC(C)Cc1cn(Cc2nc(-c3nc4ccccc4[nH]3)cs2)c2cc(Cl)ccc12.Cl. The van der Waals surface area contributed by atoms with E-state index in [1.165, 1.54) is 10.9 Å². The molecule has 0 aliphatic rings. The monoisotopic (exact) mass is 456 g/mol. The minimum Gasteiger partial charge on any atom is -0.340 e. The number of imidazole rings is 1. The van der Waals surface area contributed by atoms with Gasteiger partial charge in [0.2, 0.25) is 0 Å². The van der Waals surface area contributed by atoms with E-state index in [4.69, 9.17) is 16.6 Å². The Morgan fingerprint density at radius 3 is 2.77 bits per heavy atom. The van der Waals surface area contributed by atoms with Gasteiger partial charge >= 0.3 is 0 Å². The molecule has 0 unspecified atom stereocenters. The second-order valence-corrected chi connectivity index (χ2v) is 9.15. The Bertz CT molecular complexity index is 1280. The van der Waals surface area contributed by atoms with E-state index in [9.17, 15) is 0 Å². The summed E-state index contributed by atoms with van der Waals surface area (Å²) in [6.45, 7) is 5.22. The van der Waals surface area contributed by atoms with Crippen molar-refractivity contribution in [3.63, 3.8) is 0 Å². The van der Waals surface area contributed by atoms with Crippen LogP contribution in [0.2, 0.25) is 5.02 Å². The highest BCUT2D eigenvalue weighted by Crippen LogP contribution is 2.29. The van der Waals surface area contributed by atoms with Gasteiger partial charge in [-0.25, -0.2) is 9.97 Å². The maximum Gasteiger partial charge on any atom is 0.158 e. The third-order valence-electron chi connectivity index (χ3n) is 5.04. The Balaban J connectivity index is 0.00000218. The van der Waals surface area contributed by atoms with Crippen LogP contribution in [0, 0.1) is 5.92 Å². The highest BCUT2D eigenvalue weighted by atomic mass is 35.5. The molecule has 154 valence electrons. The third kappa shape index (κ3) is 3.97. The molecule has 1 N–H and O–H groups in total. The van der Waals surface area contributed by atoms with Gasteiger partial charge in [-0.3, -0.25) is 0 Å². The van der Waals surface area contributed by atoms with Gasteiger partial charge in [-0.15, -0.1) is 23.7 Å². The number of aromatic amines is 1. The van der Waals surface area contributed by atoms with Crippen LogP contribution in [-0.2, 0) is 13.0 Å². The zero-order valence-electron chi connectivity index (χ0n) is 16.7. The summed E-state index contributed by atoms with van der Waals surface area (Å²) in [5.74, 6) is 1.42. The fourth-order valence-corrected chi connectivity index (χ4v) is 4.73. The normalized spacial score (nSPS) is 11.5. The van der Waals surface area contributed by atoms with Gasteiger partial charge in [0.05, 0.1) is 23.1 Å². The largest absolute Gasteiger partial charge is 0.340 e. The van der Waals surface area contributed by atoms with Gasteiger partial charge in [-0.2, -0.15) is 0 Å². The van der Waals surface area contributed by atoms with E-state index in [0.29, 0.717) is 5.92 Å². The molecule has 0 amide bonds. The minimum atomic E-state index is 0. The number of aromatic nitrogens is 4. The molecule has 5 rings (SSSR count). The molecule has 0 bridgehead atoms. The number of halogens is 2. The quantitative estimate of drug-likeness (QED) is 0.310. The number of rotatable bonds is 5. The van der Waals surface area contributed by atoms with Crippen molar-refractivity contribution in [3.05, 3.63) is 69.6 Å². The van der Waals surface area contributed by atoms with Gasteiger partial charge < -0.3 is 9.55 Å². The van der Waals surface area contributed by atoms with Crippen molar-refractivity contribution >= 4 is 57.3 Å². The topological polar surface area (TPSA) is 46.5 Å². The number of benzene rings is 2. The highest BCUT2D eigenvalue weighted by Gasteiger charge is 2.14. The maximum absolute atomic E-state index is 6.29. The fraction of sp³-hybridized carbons (Fsp3) is 0.217. The van der Waals surface area contributed by atoms with Crippen molar-refractivity contribution in [2.45, 2.75) is 26.8 Å². The molecule has 4 nitrogen and oxygen atoms in total. The Morgan fingerprint density at radius 2 is 1.97 bits per heavy atom. The number of fused-ring (bicyclic) bond motifs is 2. The highest BCUT2D eigenvalue weighted by molar-refractivity contribution is 7.09. The van der Waals surface area contributed by atoms with Crippen LogP contribution in [0.3, 0.4) is 0 Å². The molecule has 0 radical (unpaired) electrons. The first-order chi connectivity index (χ1) is 14.1. The molecule has 2 aromatic carbocycles. The summed E-state index contributed by atoms with van der Waals surface area (Å²) in [4.78, 5) is 12.9. The molecule has 0 aliphatic heterocycles. The molecule has 0 fully saturated rings. The van der Waals surface area contributed by atoms with Crippen LogP contribution in [0.5, 0.6) is 0 Å². The molecule has 0 spiro atoms. The van der Waals surface area contributed by atoms with Gasteiger partial charge in [0.1, 0.15) is 10.7 Å². The molecule has 0 atom stereocenters. The first kappa shape index (κ1) is 20.9. The van der Waals surface area contributed by atoms with Gasteiger partial charge in [0.15, 0.2) is 5.82 Å². The summed E-state index contributed by atoms with van der Waals surface area (Å²) in [5.41, 5.74) is 5.40. The Kier molecular flexibility index (Phi) is 5.87. The number of H-pyrrole nitrogens is 1. The van der Waals surface area contributed by atoms with Crippen molar-refractivity contribution in [2.75, 3.05) is 0 Å². The van der Waals surface area contributed by atoms with E-state index in [-0.39, 0.29) is 12.4 Å². The lowest BCUT2D eigenvalue weighted by molar-refractivity contribution is 0.647. The van der Waals surface area contributed by atoms with Gasteiger partial charge in [-0.05, 0) is 42.2 Å². The van der Waals surface area contributed by atoms with Gasteiger partial charge in [-0.1, -0.05) is 43.6 Å². The Hall–Kier alpha value is -2.34. The van der Waals surface area contributed by atoms with E-state index < -0.39 is 0 Å². The lowest BCUT2D eigenvalue weighted by atomic mass is 10.0. The van der Waals surface area contributed by atoms with Crippen molar-refractivity contribution in [1.29, 1.82) is 0 Å². The molecular weight excluding hydrogens is 435 g/mol. The smallest absolute Gasteiger partial charge is 0.158 e. The number of hydrogen-bond donors (Lipinski definition) is 1. The maximum atomic E-state index is 6.29. The zero-order chi connectivity index (χ0) is 20.0. The lowest BCUT2D eigenvalue weighted by Gasteiger charge is -2.02. The van der Waals surface area contributed by atoms with E-state index in [0.717, 1.165) is 51.1 Å². The minimum absolute atomic E-state index is 0. The second kappa shape index (κ2) is 8.42. The number of nitrogens with zero attached hydrogens (tertiary/aromatic N) is 3. The van der Waals surface area contributed by atoms with Crippen molar-refractivity contribution < 1.29 is 0 Å². The van der Waals surface area contributed by atoms with E-state index >= 15 is 0 Å². The predicted molar refractivity (Wildman–Crippen MR) is 129 cm³/mol. The van der Waals surface area contributed by atoms with Crippen molar-refractivity contribution in [3.8, 4) is 11.5 Å². The van der Waals surface area contributed by atoms with Crippen LogP contribution in [0.15, 0.2) is 54.0 Å². The molecule has 0 aliphatic carbocycles. The predicted octanol–water partition coefficient (Wildman–Crippen LogP) is 6.96. The molecule has 30 heavy (non-hydrogen) atoms. The molecule has 3 heterocycles. The number of thiazole rings is 1. The summed E-state index contributed by atoms with van der Waals surface area (Å²) in [5, 5.41) is 5.15. The number of para-hydroxylation sites is 2. The third-order valence-corrected chi connectivity index (χ3v) is 6.11. The summed E-state index contributed by atoms with van der Waals surface area (Å²) in [6.07, 6.45) is 3.30. The number of nitrogens with one attached hydrogen (secondary N) is 1. The van der Waals surface area contributed by atoms with Crippen LogP contribution < -0.4 is 0 Å². The molecular formula is C23H22Cl2N4S. The Labute approximate surface area is 190 Å². The van der Waals surface area contributed by atoms with Crippen LogP contribution in [0.25, 0.3) is 33.5 Å². The van der Waals surface area contributed by atoms with Gasteiger partial charge in [0, 0.05) is 22.0 Å². The number of hydrogen-bond acceptors (Lipinski definition) is 3. The van der Waals surface area contributed by atoms with E-state index in [1.54, 1.807) is 11.3 Å². The summed E-state index contributed by atoms with van der Waals surface area (Å²) >= 11 is 7.95. The van der Waals surface area contributed by atoms with Crippen molar-refractivity contribution in [1.82, 2.24) is 19.5 Å². The Morgan fingerprint density at radius 1 is 1.13 bits per heavy atom. The van der Waals surface area contributed by atoms with Crippen molar-refractivity contribution in [2.24, 2.45) is 5.92 Å². The van der Waals surface area contributed by atoms with Gasteiger partial charge in [0.25, 0.3) is 0 Å². The van der Waals surface area contributed by atoms with Crippen LogP contribution >= 0.6 is 35.3 Å². The summed E-state index contributed by atoms with van der Waals surface area (Å²) in [7, 11) is 0. The first-order valence-electron chi connectivity index (χ1n) is 9.73. The summed E-state index contributed by atoms with van der Waals surface area (Å²) < 4.78 is 2.26. The fourth-order valence-electron chi connectivity index (χ4n) is 3.79. The molecule has 0 saturated carbocycles. The lowest BCUT2D eigenvalue weighted by Crippen LogP contribution is -1.98. The van der Waals surface area contributed by atoms with E-state index in [2.05, 4.69) is 52.1 Å². The van der Waals surface area contributed by atoms with E-state index in [1.807, 2.05) is 30.3 Å². The van der Waals surface area contributed by atoms with Crippen LogP contribution in [-0.4, -0.2) is 19.5 Å². The molecule has 0 saturated heterocycles. The summed E-state index contributed by atoms with van der Waals surface area (Å²) in [6, 6.07) is 14.2. The second-order valence-electron chi connectivity index (χ2n) is 7.77. The molecule has 7 heteroatoms. The van der Waals surface area contributed by atoms with Crippen LogP contribution in [0.4, 0.5) is 0 Å². The molecule has 5 aromatic rings. The molecule has 3 aromatic heterocycles. The average Bonchev–Trinajstić information content (AvgIpc) is 3.39. The first-order valence-corrected chi connectivity index (χ1v) is 11.0. The zero-order valence-corrected chi connectivity index (χ0v) is 19.1.